The fraction of sp³-hybridized carbons (Fsp3) is 0.100. The van der Waals surface area contributed by atoms with Gasteiger partial charge in [-0.15, -0.1) is 6.58 Å². The first-order valence-corrected chi connectivity index (χ1v) is 3.94. The normalized spacial score (nSPS) is 10.3. The molecule has 0 bridgehead atoms. The van der Waals surface area contributed by atoms with Crippen LogP contribution in [0.5, 0.6) is 0 Å². The van der Waals surface area contributed by atoms with Crippen LogP contribution < -0.4 is 0 Å². The first-order valence-electron chi connectivity index (χ1n) is 3.56. The molecular weight excluding hydrogens is 175 g/mol. The number of allylic oxidation sites excluding steroid dienone is 1. The van der Waals surface area contributed by atoms with Crippen LogP contribution in [0.2, 0.25) is 5.02 Å². The maximum Gasteiger partial charge on any atom is 0.141 e. The van der Waals surface area contributed by atoms with E-state index in [1.54, 1.807) is 18.2 Å². The predicted molar refractivity (Wildman–Crippen MR) is 49.6 cm³/mol. The average molecular weight is 184 g/mol. The summed E-state index contributed by atoms with van der Waals surface area (Å²) in [4.78, 5) is 0. The van der Waals surface area contributed by atoms with E-state index in [0.29, 0.717) is 0 Å². The van der Waals surface area contributed by atoms with Gasteiger partial charge in [-0.2, -0.15) is 0 Å². The molecule has 1 aromatic rings. The quantitative estimate of drug-likeness (QED) is 0.657. The Morgan fingerprint density at radius 3 is 2.75 bits per heavy atom. The predicted octanol–water partition coefficient (Wildman–Crippen LogP) is 3.61. The Bertz CT molecular complexity index is 294. The molecule has 1 aromatic carbocycles. The van der Waals surface area contributed by atoms with Gasteiger partial charge in [-0.25, -0.2) is 4.39 Å². The fourth-order valence-electron chi connectivity index (χ4n) is 0.859. The van der Waals surface area contributed by atoms with Gasteiger partial charge in [0.15, 0.2) is 0 Å². The molecule has 1 radical (unpaired) electrons. The van der Waals surface area contributed by atoms with Crippen LogP contribution in [0.15, 0.2) is 30.9 Å². The third kappa shape index (κ3) is 1.86. The van der Waals surface area contributed by atoms with Crippen molar-refractivity contribution in [2.24, 2.45) is 0 Å². The summed E-state index contributed by atoms with van der Waals surface area (Å²) in [7, 11) is 0. The average Bonchev–Trinajstić information content (AvgIpc) is 2.08. The van der Waals surface area contributed by atoms with Crippen LogP contribution in [0.25, 0.3) is 0 Å². The van der Waals surface area contributed by atoms with Crippen molar-refractivity contribution >= 4 is 11.6 Å². The lowest BCUT2D eigenvalue weighted by molar-refractivity contribution is 0.628. The lowest BCUT2D eigenvalue weighted by Crippen LogP contribution is -1.90. The lowest BCUT2D eigenvalue weighted by atomic mass is 10.0. The van der Waals surface area contributed by atoms with E-state index in [1.165, 1.54) is 6.07 Å². The second-order valence-electron chi connectivity index (χ2n) is 2.52. The highest BCUT2D eigenvalue weighted by Gasteiger charge is 2.04. The van der Waals surface area contributed by atoms with Gasteiger partial charge in [0.2, 0.25) is 0 Å². The third-order valence-corrected chi connectivity index (χ3v) is 1.97. The van der Waals surface area contributed by atoms with E-state index in [4.69, 9.17) is 11.6 Å². The van der Waals surface area contributed by atoms with E-state index in [9.17, 15) is 4.39 Å². The Labute approximate surface area is 76.7 Å². The van der Waals surface area contributed by atoms with Gasteiger partial charge in [0.1, 0.15) is 5.82 Å². The minimum Gasteiger partial charge on any atom is -0.205 e. The number of hydrogen-bond donors (Lipinski definition) is 0. The van der Waals surface area contributed by atoms with Gasteiger partial charge in [-0.05, 0) is 17.7 Å². The Balaban J connectivity index is 3.04. The molecule has 0 atom stereocenters. The summed E-state index contributed by atoms with van der Waals surface area (Å²) in [5, 5.41) is 0.147. The molecule has 1 rings (SSSR count). The van der Waals surface area contributed by atoms with Gasteiger partial charge >= 0.3 is 0 Å². The molecule has 0 spiro atoms. The zero-order chi connectivity index (χ0) is 9.14. The van der Waals surface area contributed by atoms with Crippen molar-refractivity contribution in [3.05, 3.63) is 53.2 Å². The monoisotopic (exact) mass is 183 g/mol. The maximum absolute atomic E-state index is 12.7. The topological polar surface area (TPSA) is 0 Å². The molecule has 0 N–H and O–H groups in total. The van der Waals surface area contributed by atoms with Crippen molar-refractivity contribution in [1.29, 1.82) is 0 Å². The first kappa shape index (κ1) is 9.27. The SMILES string of the molecule is C=C[C](C)c1ccc(F)c(Cl)c1. The highest BCUT2D eigenvalue weighted by atomic mass is 35.5. The highest BCUT2D eigenvalue weighted by Crippen LogP contribution is 2.21. The van der Waals surface area contributed by atoms with Crippen molar-refractivity contribution in [1.82, 2.24) is 0 Å². The molecule has 0 aliphatic heterocycles. The molecule has 0 amide bonds. The van der Waals surface area contributed by atoms with Crippen molar-refractivity contribution in [3.8, 4) is 0 Å². The third-order valence-electron chi connectivity index (χ3n) is 1.68. The summed E-state index contributed by atoms with van der Waals surface area (Å²) in [6.45, 7) is 5.51. The van der Waals surface area contributed by atoms with Crippen LogP contribution in [-0.4, -0.2) is 0 Å². The molecule has 63 valence electrons. The molecule has 0 saturated heterocycles. The number of benzene rings is 1. The Kier molecular flexibility index (Phi) is 2.88. The van der Waals surface area contributed by atoms with Crippen LogP contribution in [0.4, 0.5) is 4.39 Å². The minimum absolute atomic E-state index is 0.147. The molecular formula is C10H9ClF. The smallest absolute Gasteiger partial charge is 0.141 e. The lowest BCUT2D eigenvalue weighted by Gasteiger charge is -2.05. The molecule has 0 nitrogen and oxygen atoms in total. The van der Waals surface area contributed by atoms with Gasteiger partial charge < -0.3 is 0 Å². The van der Waals surface area contributed by atoms with Gasteiger partial charge in [-0.1, -0.05) is 30.7 Å². The molecule has 0 fully saturated rings. The van der Waals surface area contributed by atoms with Crippen LogP contribution >= 0.6 is 11.6 Å². The molecule has 0 aliphatic carbocycles. The summed E-state index contributed by atoms with van der Waals surface area (Å²) in [6.07, 6.45) is 1.71. The zero-order valence-corrected chi connectivity index (χ0v) is 7.53. The van der Waals surface area contributed by atoms with Crippen molar-refractivity contribution in [3.63, 3.8) is 0 Å². The summed E-state index contributed by atoms with van der Waals surface area (Å²) >= 11 is 5.59. The van der Waals surface area contributed by atoms with Crippen LogP contribution in [0.1, 0.15) is 12.5 Å². The molecule has 0 aromatic heterocycles. The summed E-state index contributed by atoms with van der Waals surface area (Å²) < 4.78 is 12.7. The number of rotatable bonds is 2. The van der Waals surface area contributed by atoms with E-state index < -0.39 is 5.82 Å². The molecule has 12 heavy (non-hydrogen) atoms. The van der Waals surface area contributed by atoms with Gasteiger partial charge in [0, 0.05) is 5.92 Å². The summed E-state index contributed by atoms with van der Waals surface area (Å²) in [5.74, 6) is 0.592. The number of halogens is 2. The maximum atomic E-state index is 12.7. The van der Waals surface area contributed by atoms with Crippen LogP contribution in [0.3, 0.4) is 0 Å². The largest absolute Gasteiger partial charge is 0.205 e. The standard InChI is InChI=1S/C10H9ClF/c1-3-7(2)8-4-5-10(12)9(11)6-8/h3-6H,1H2,2H3. The Morgan fingerprint density at radius 1 is 1.58 bits per heavy atom. The van der Waals surface area contributed by atoms with Gasteiger partial charge in [0.25, 0.3) is 0 Å². The second kappa shape index (κ2) is 3.72. The fourth-order valence-corrected chi connectivity index (χ4v) is 1.04. The van der Waals surface area contributed by atoms with E-state index in [1.807, 2.05) is 6.92 Å². The molecule has 0 unspecified atom stereocenters. The highest BCUT2D eigenvalue weighted by molar-refractivity contribution is 6.30. The molecule has 0 heterocycles. The summed E-state index contributed by atoms with van der Waals surface area (Å²) in [6, 6.07) is 4.62. The van der Waals surface area contributed by atoms with Gasteiger partial charge in [0.05, 0.1) is 5.02 Å². The molecule has 2 heteroatoms. The molecule has 0 saturated carbocycles. The molecule has 0 aliphatic rings. The van der Waals surface area contributed by atoms with Crippen molar-refractivity contribution in [2.75, 3.05) is 0 Å². The van der Waals surface area contributed by atoms with E-state index in [2.05, 4.69) is 6.58 Å². The number of hydrogen-bond acceptors (Lipinski definition) is 0. The first-order chi connectivity index (χ1) is 5.65. The van der Waals surface area contributed by atoms with E-state index >= 15 is 0 Å². The van der Waals surface area contributed by atoms with Crippen molar-refractivity contribution < 1.29 is 4.39 Å². The summed E-state index contributed by atoms with van der Waals surface area (Å²) in [5.41, 5.74) is 0.899. The van der Waals surface area contributed by atoms with E-state index in [-0.39, 0.29) is 5.02 Å². The Hall–Kier alpha value is -0.820. The second-order valence-corrected chi connectivity index (χ2v) is 2.92. The zero-order valence-electron chi connectivity index (χ0n) is 6.77. The van der Waals surface area contributed by atoms with Crippen LogP contribution in [-0.2, 0) is 0 Å². The Morgan fingerprint density at radius 2 is 2.25 bits per heavy atom. The van der Waals surface area contributed by atoms with Gasteiger partial charge in [-0.3, -0.25) is 0 Å². The van der Waals surface area contributed by atoms with Crippen molar-refractivity contribution in [2.45, 2.75) is 6.92 Å². The van der Waals surface area contributed by atoms with E-state index in [0.717, 1.165) is 11.5 Å². The minimum atomic E-state index is -0.391. The van der Waals surface area contributed by atoms with Crippen LogP contribution in [0, 0.1) is 11.7 Å².